The molecule has 26 heavy (non-hydrogen) atoms. The molecule has 1 saturated heterocycles. The average Bonchev–Trinajstić information content (AvgIpc) is 2.67. The van der Waals surface area contributed by atoms with Gasteiger partial charge in [-0.05, 0) is 18.9 Å². The Labute approximate surface area is 154 Å². The number of non-ortho nitro benzene ring substituents is 1. The SMILES string of the molecule is CCC(C)NC(=NCc1ccc([N+](=O)[O-])cc1)NCCN1CCOCC1. The van der Waals surface area contributed by atoms with Gasteiger partial charge in [-0.25, -0.2) is 4.99 Å². The van der Waals surface area contributed by atoms with Crippen LogP contribution in [0, 0.1) is 10.1 Å². The van der Waals surface area contributed by atoms with E-state index in [-0.39, 0.29) is 5.69 Å². The van der Waals surface area contributed by atoms with Crippen molar-refractivity contribution in [2.75, 3.05) is 39.4 Å². The summed E-state index contributed by atoms with van der Waals surface area (Å²) in [6.45, 7) is 10.0. The van der Waals surface area contributed by atoms with E-state index in [9.17, 15) is 10.1 Å². The van der Waals surface area contributed by atoms with Gasteiger partial charge in [0.05, 0.1) is 24.7 Å². The smallest absolute Gasteiger partial charge is 0.269 e. The molecule has 8 heteroatoms. The molecule has 1 fully saturated rings. The number of guanidine groups is 1. The molecule has 1 aromatic rings. The number of hydrogen-bond donors (Lipinski definition) is 2. The summed E-state index contributed by atoms with van der Waals surface area (Å²) in [6, 6.07) is 6.84. The first-order valence-electron chi connectivity index (χ1n) is 9.16. The number of nitrogens with one attached hydrogen (secondary N) is 2. The molecule has 2 rings (SSSR count). The molecular weight excluding hydrogens is 334 g/mol. The molecule has 1 unspecified atom stereocenters. The maximum absolute atomic E-state index is 10.7. The Morgan fingerprint density at radius 1 is 1.35 bits per heavy atom. The van der Waals surface area contributed by atoms with E-state index >= 15 is 0 Å². The molecular formula is C18H29N5O3. The van der Waals surface area contributed by atoms with E-state index in [2.05, 4.69) is 34.4 Å². The van der Waals surface area contributed by atoms with Gasteiger partial charge in [-0.2, -0.15) is 0 Å². The van der Waals surface area contributed by atoms with Gasteiger partial charge in [-0.1, -0.05) is 19.1 Å². The number of nitro groups is 1. The normalized spacial score (nSPS) is 16.9. The zero-order chi connectivity index (χ0) is 18.8. The molecule has 0 bridgehead atoms. The largest absolute Gasteiger partial charge is 0.379 e. The molecule has 1 heterocycles. The fraction of sp³-hybridized carbons (Fsp3) is 0.611. The summed E-state index contributed by atoms with van der Waals surface area (Å²) in [4.78, 5) is 17.3. The number of ether oxygens (including phenoxy) is 1. The fourth-order valence-corrected chi connectivity index (χ4v) is 2.54. The van der Waals surface area contributed by atoms with Crippen molar-refractivity contribution < 1.29 is 9.66 Å². The molecule has 1 aliphatic heterocycles. The third-order valence-electron chi connectivity index (χ3n) is 4.39. The highest BCUT2D eigenvalue weighted by Gasteiger charge is 2.10. The van der Waals surface area contributed by atoms with Crippen LogP contribution in [-0.2, 0) is 11.3 Å². The lowest BCUT2D eigenvalue weighted by Crippen LogP contribution is -2.46. The van der Waals surface area contributed by atoms with Gasteiger partial charge in [0.1, 0.15) is 0 Å². The van der Waals surface area contributed by atoms with Crippen molar-refractivity contribution in [3.63, 3.8) is 0 Å². The zero-order valence-corrected chi connectivity index (χ0v) is 15.6. The second-order valence-electron chi connectivity index (χ2n) is 6.42. The number of aliphatic imine (C=N–C) groups is 1. The molecule has 0 aliphatic carbocycles. The van der Waals surface area contributed by atoms with Crippen LogP contribution in [0.25, 0.3) is 0 Å². The maximum Gasteiger partial charge on any atom is 0.269 e. The molecule has 1 aromatic carbocycles. The average molecular weight is 363 g/mol. The van der Waals surface area contributed by atoms with E-state index in [1.165, 1.54) is 12.1 Å². The number of rotatable bonds is 8. The molecule has 0 saturated carbocycles. The molecule has 144 valence electrons. The van der Waals surface area contributed by atoms with E-state index in [4.69, 9.17) is 4.74 Å². The molecule has 1 atom stereocenters. The first-order chi connectivity index (χ1) is 12.6. The Bertz CT molecular complexity index is 585. The minimum atomic E-state index is -0.393. The lowest BCUT2D eigenvalue weighted by atomic mass is 10.2. The molecule has 0 radical (unpaired) electrons. The highest BCUT2D eigenvalue weighted by molar-refractivity contribution is 5.80. The Morgan fingerprint density at radius 2 is 2.04 bits per heavy atom. The monoisotopic (exact) mass is 363 g/mol. The van der Waals surface area contributed by atoms with Crippen molar-refractivity contribution in [2.24, 2.45) is 4.99 Å². The molecule has 0 spiro atoms. The summed E-state index contributed by atoms with van der Waals surface area (Å²) < 4.78 is 5.36. The molecule has 2 N–H and O–H groups in total. The number of benzene rings is 1. The molecule has 0 aromatic heterocycles. The number of nitrogens with zero attached hydrogens (tertiary/aromatic N) is 3. The van der Waals surface area contributed by atoms with E-state index in [0.29, 0.717) is 12.6 Å². The van der Waals surface area contributed by atoms with E-state index in [1.807, 2.05) is 0 Å². The lowest BCUT2D eigenvalue weighted by molar-refractivity contribution is -0.384. The number of nitro benzene ring substituents is 1. The third kappa shape index (κ3) is 6.97. The van der Waals surface area contributed by atoms with E-state index in [0.717, 1.165) is 57.3 Å². The fourth-order valence-electron chi connectivity index (χ4n) is 2.54. The predicted octanol–water partition coefficient (Wildman–Crippen LogP) is 1.76. The van der Waals surface area contributed by atoms with Gasteiger partial charge >= 0.3 is 0 Å². The standard InChI is InChI=1S/C18H29N5O3/c1-3-15(2)21-18(19-8-9-22-10-12-26-13-11-22)20-14-16-4-6-17(7-5-16)23(24)25/h4-7,15H,3,8-14H2,1-2H3,(H2,19,20,21). The summed E-state index contributed by atoms with van der Waals surface area (Å²) in [7, 11) is 0. The van der Waals surface area contributed by atoms with Gasteiger partial charge in [-0.15, -0.1) is 0 Å². The van der Waals surface area contributed by atoms with Crippen LogP contribution >= 0.6 is 0 Å². The molecule has 8 nitrogen and oxygen atoms in total. The number of morpholine rings is 1. The van der Waals surface area contributed by atoms with Crippen molar-refractivity contribution in [1.29, 1.82) is 0 Å². The topological polar surface area (TPSA) is 92.0 Å². The second-order valence-corrected chi connectivity index (χ2v) is 6.42. The van der Waals surface area contributed by atoms with Crippen LogP contribution < -0.4 is 10.6 Å². The van der Waals surface area contributed by atoms with Crippen LogP contribution in [0.4, 0.5) is 5.69 Å². The Kier molecular flexibility index (Phi) is 8.30. The van der Waals surface area contributed by atoms with E-state index < -0.39 is 4.92 Å². The molecule has 1 aliphatic rings. The maximum atomic E-state index is 10.7. The van der Waals surface area contributed by atoms with Crippen molar-refractivity contribution in [3.05, 3.63) is 39.9 Å². The summed E-state index contributed by atoms with van der Waals surface area (Å²) in [5, 5.41) is 17.5. The second kappa shape index (κ2) is 10.7. The Morgan fingerprint density at radius 3 is 2.65 bits per heavy atom. The van der Waals surface area contributed by atoms with Gasteiger partial charge in [-0.3, -0.25) is 15.0 Å². The predicted molar refractivity (Wildman–Crippen MR) is 102 cm³/mol. The van der Waals surface area contributed by atoms with Gasteiger partial charge in [0.25, 0.3) is 5.69 Å². The summed E-state index contributed by atoms with van der Waals surface area (Å²) in [5.41, 5.74) is 1.04. The van der Waals surface area contributed by atoms with Crippen LogP contribution in [0.3, 0.4) is 0 Å². The van der Waals surface area contributed by atoms with Crippen LogP contribution in [0.15, 0.2) is 29.3 Å². The van der Waals surface area contributed by atoms with Crippen LogP contribution in [0.2, 0.25) is 0 Å². The minimum Gasteiger partial charge on any atom is -0.379 e. The minimum absolute atomic E-state index is 0.0966. The Balaban J connectivity index is 1.89. The van der Waals surface area contributed by atoms with Crippen LogP contribution in [0.5, 0.6) is 0 Å². The highest BCUT2D eigenvalue weighted by atomic mass is 16.6. The van der Waals surface area contributed by atoms with Crippen molar-refractivity contribution >= 4 is 11.6 Å². The quantitative estimate of drug-likeness (QED) is 0.316. The summed E-state index contributed by atoms with van der Waals surface area (Å²) >= 11 is 0. The lowest BCUT2D eigenvalue weighted by Gasteiger charge is -2.27. The zero-order valence-electron chi connectivity index (χ0n) is 15.6. The summed E-state index contributed by atoms with van der Waals surface area (Å²) in [5.74, 6) is 0.769. The third-order valence-corrected chi connectivity index (χ3v) is 4.39. The first kappa shape index (κ1) is 20.1. The van der Waals surface area contributed by atoms with Crippen molar-refractivity contribution in [3.8, 4) is 0 Å². The summed E-state index contributed by atoms with van der Waals surface area (Å²) in [6.07, 6.45) is 1.00. The first-order valence-corrected chi connectivity index (χ1v) is 9.16. The van der Waals surface area contributed by atoms with Crippen LogP contribution in [-0.4, -0.2) is 61.2 Å². The van der Waals surface area contributed by atoms with Crippen LogP contribution in [0.1, 0.15) is 25.8 Å². The highest BCUT2D eigenvalue weighted by Crippen LogP contribution is 2.12. The molecule has 0 amide bonds. The number of hydrogen-bond acceptors (Lipinski definition) is 5. The Hall–Kier alpha value is -2.19. The van der Waals surface area contributed by atoms with Gasteiger partial charge in [0, 0.05) is 44.4 Å². The van der Waals surface area contributed by atoms with Crippen molar-refractivity contribution in [2.45, 2.75) is 32.9 Å². The van der Waals surface area contributed by atoms with Gasteiger partial charge in [0.15, 0.2) is 5.96 Å². The van der Waals surface area contributed by atoms with E-state index in [1.54, 1.807) is 12.1 Å². The van der Waals surface area contributed by atoms with Crippen molar-refractivity contribution in [1.82, 2.24) is 15.5 Å². The van der Waals surface area contributed by atoms with Gasteiger partial charge in [0.2, 0.25) is 0 Å². The van der Waals surface area contributed by atoms with Gasteiger partial charge < -0.3 is 15.4 Å².